The van der Waals surface area contributed by atoms with E-state index in [0.29, 0.717) is 11.1 Å². The second-order valence-corrected chi connectivity index (χ2v) is 6.26. The number of hydrogen-bond donors (Lipinski definition) is 0. The first kappa shape index (κ1) is 17.7. The minimum Gasteiger partial charge on any atom is -0.299 e. The van der Waals surface area contributed by atoms with Crippen LogP contribution < -0.4 is 0 Å². The fourth-order valence-corrected chi connectivity index (χ4v) is 3.27. The van der Waals surface area contributed by atoms with Crippen molar-refractivity contribution < 1.29 is 14.0 Å². The summed E-state index contributed by atoms with van der Waals surface area (Å²) in [6.45, 7) is 1.47. The van der Waals surface area contributed by atoms with Gasteiger partial charge in [0.15, 0.2) is 5.78 Å². The van der Waals surface area contributed by atoms with Crippen molar-refractivity contribution in [2.24, 2.45) is 0 Å². The molecule has 0 saturated heterocycles. The van der Waals surface area contributed by atoms with Crippen LogP contribution in [0, 0.1) is 5.82 Å². The van der Waals surface area contributed by atoms with E-state index in [1.165, 1.54) is 19.1 Å². The Kier molecular flexibility index (Phi) is 5.37. The number of Topliss-reactive ketones (excluding diaryl/α,β-unsaturated/α-hetero) is 2. The molecule has 3 aromatic rings. The third kappa shape index (κ3) is 3.77. The molecule has 26 heavy (non-hydrogen) atoms. The predicted octanol–water partition coefficient (Wildman–Crippen LogP) is 5.17. The molecule has 0 aromatic heterocycles. The van der Waals surface area contributed by atoms with E-state index >= 15 is 0 Å². The van der Waals surface area contributed by atoms with Crippen LogP contribution in [0.5, 0.6) is 0 Å². The average molecular weight is 346 g/mol. The number of halogens is 1. The minimum absolute atomic E-state index is 0.124. The highest BCUT2D eigenvalue weighted by molar-refractivity contribution is 6.05. The third-order valence-electron chi connectivity index (χ3n) is 4.50. The lowest BCUT2D eigenvalue weighted by molar-refractivity contribution is -0.118. The minimum atomic E-state index is -0.675. The summed E-state index contributed by atoms with van der Waals surface area (Å²) in [6, 6.07) is 24.0. The van der Waals surface area contributed by atoms with E-state index in [0.717, 1.165) is 5.56 Å². The van der Waals surface area contributed by atoms with E-state index in [2.05, 4.69) is 0 Å². The van der Waals surface area contributed by atoms with Gasteiger partial charge in [0.25, 0.3) is 0 Å². The maximum absolute atomic E-state index is 13.3. The van der Waals surface area contributed by atoms with Gasteiger partial charge >= 0.3 is 0 Å². The van der Waals surface area contributed by atoms with Crippen LogP contribution >= 0.6 is 0 Å². The lowest BCUT2D eigenvalue weighted by Crippen LogP contribution is -2.25. The molecule has 0 radical (unpaired) electrons. The van der Waals surface area contributed by atoms with E-state index in [4.69, 9.17) is 0 Å². The molecule has 130 valence electrons. The van der Waals surface area contributed by atoms with Gasteiger partial charge in [-0.1, -0.05) is 72.8 Å². The largest absolute Gasteiger partial charge is 0.299 e. The molecule has 0 amide bonds. The molecule has 3 heteroatoms. The van der Waals surface area contributed by atoms with Gasteiger partial charge in [-0.2, -0.15) is 0 Å². The zero-order valence-corrected chi connectivity index (χ0v) is 14.4. The van der Waals surface area contributed by atoms with Gasteiger partial charge in [0, 0.05) is 5.56 Å². The Morgan fingerprint density at radius 1 is 0.692 bits per heavy atom. The summed E-state index contributed by atoms with van der Waals surface area (Å²) in [5.41, 5.74) is 1.96. The molecule has 2 unspecified atom stereocenters. The first-order chi connectivity index (χ1) is 12.6. The number of hydrogen-bond acceptors (Lipinski definition) is 2. The van der Waals surface area contributed by atoms with Crippen LogP contribution in [0.1, 0.15) is 40.2 Å². The van der Waals surface area contributed by atoms with Gasteiger partial charge in [0.2, 0.25) is 0 Å². The molecular weight excluding hydrogens is 327 g/mol. The number of ketones is 2. The lowest BCUT2D eigenvalue weighted by atomic mass is 9.75. The molecule has 0 fully saturated rings. The summed E-state index contributed by atoms with van der Waals surface area (Å²) < 4.78 is 13.3. The van der Waals surface area contributed by atoms with E-state index in [1.54, 1.807) is 36.4 Å². The van der Waals surface area contributed by atoms with Crippen LogP contribution in [0.4, 0.5) is 4.39 Å². The summed E-state index contributed by atoms with van der Waals surface area (Å²) in [4.78, 5) is 25.8. The Morgan fingerprint density at radius 2 is 1.19 bits per heavy atom. The summed E-state index contributed by atoms with van der Waals surface area (Å²) >= 11 is 0. The molecule has 3 aromatic carbocycles. The second-order valence-electron chi connectivity index (χ2n) is 6.26. The van der Waals surface area contributed by atoms with Crippen molar-refractivity contribution in [2.75, 3.05) is 0 Å². The molecule has 2 atom stereocenters. The fraction of sp³-hybridized carbons (Fsp3) is 0.130. The van der Waals surface area contributed by atoms with E-state index in [-0.39, 0.29) is 17.4 Å². The highest BCUT2D eigenvalue weighted by Crippen LogP contribution is 2.36. The van der Waals surface area contributed by atoms with Crippen LogP contribution in [-0.4, -0.2) is 11.6 Å². The molecule has 0 heterocycles. The van der Waals surface area contributed by atoms with E-state index < -0.39 is 11.8 Å². The highest BCUT2D eigenvalue weighted by atomic mass is 19.1. The monoisotopic (exact) mass is 346 g/mol. The first-order valence-electron chi connectivity index (χ1n) is 8.48. The second kappa shape index (κ2) is 7.87. The Balaban J connectivity index is 2.13. The number of rotatable bonds is 6. The predicted molar refractivity (Wildman–Crippen MR) is 99.8 cm³/mol. The highest BCUT2D eigenvalue weighted by Gasteiger charge is 2.34. The number of carbonyl (C=O) groups is 2. The van der Waals surface area contributed by atoms with Crippen molar-refractivity contribution in [3.05, 3.63) is 107 Å². The van der Waals surface area contributed by atoms with Gasteiger partial charge in [-0.25, -0.2) is 4.39 Å². The molecule has 0 aliphatic rings. The Hall–Kier alpha value is -3.07. The Labute approximate surface area is 152 Å². The fourth-order valence-electron chi connectivity index (χ4n) is 3.27. The van der Waals surface area contributed by atoms with Gasteiger partial charge in [-0.3, -0.25) is 9.59 Å². The summed E-state index contributed by atoms with van der Waals surface area (Å²) in [7, 11) is 0. The van der Waals surface area contributed by atoms with Gasteiger partial charge in [0.05, 0.1) is 11.8 Å². The quantitative estimate of drug-likeness (QED) is 0.577. The average Bonchev–Trinajstić information content (AvgIpc) is 2.67. The third-order valence-corrected chi connectivity index (χ3v) is 4.50. The van der Waals surface area contributed by atoms with Crippen LogP contribution in [0.3, 0.4) is 0 Å². The molecule has 0 aliphatic carbocycles. The van der Waals surface area contributed by atoms with Gasteiger partial charge < -0.3 is 0 Å². The van der Waals surface area contributed by atoms with E-state index in [9.17, 15) is 14.0 Å². The molecule has 0 saturated carbocycles. The van der Waals surface area contributed by atoms with Gasteiger partial charge in [-0.15, -0.1) is 0 Å². The van der Waals surface area contributed by atoms with Gasteiger partial charge in [-0.05, 0) is 30.2 Å². The van der Waals surface area contributed by atoms with Crippen molar-refractivity contribution in [1.29, 1.82) is 0 Å². The molecule has 0 aliphatic heterocycles. The zero-order chi connectivity index (χ0) is 18.5. The summed E-state index contributed by atoms with van der Waals surface area (Å²) in [5, 5.41) is 0. The van der Waals surface area contributed by atoms with Crippen molar-refractivity contribution in [3.8, 4) is 0 Å². The number of carbonyl (C=O) groups excluding carboxylic acids is 2. The topological polar surface area (TPSA) is 34.1 Å². The molecule has 2 nitrogen and oxygen atoms in total. The standard InChI is InChI=1S/C23H19FO2/c1-16(25)21(18-12-14-20(24)15-13-18)22(17-8-4-2-5-9-17)23(26)19-10-6-3-7-11-19/h2-15,21-22H,1H3. The van der Waals surface area contributed by atoms with Crippen LogP contribution in [0.2, 0.25) is 0 Å². The van der Waals surface area contributed by atoms with Crippen molar-refractivity contribution in [2.45, 2.75) is 18.8 Å². The maximum atomic E-state index is 13.3. The lowest BCUT2D eigenvalue weighted by Gasteiger charge is -2.25. The van der Waals surface area contributed by atoms with Crippen molar-refractivity contribution >= 4 is 11.6 Å². The van der Waals surface area contributed by atoms with Crippen LogP contribution in [-0.2, 0) is 4.79 Å². The Bertz CT molecular complexity index is 887. The Morgan fingerprint density at radius 3 is 1.73 bits per heavy atom. The summed E-state index contributed by atoms with van der Waals surface area (Å²) in [6.07, 6.45) is 0. The van der Waals surface area contributed by atoms with Gasteiger partial charge in [0.1, 0.15) is 11.6 Å². The number of benzene rings is 3. The van der Waals surface area contributed by atoms with Crippen LogP contribution in [0.15, 0.2) is 84.9 Å². The van der Waals surface area contributed by atoms with Crippen molar-refractivity contribution in [3.63, 3.8) is 0 Å². The van der Waals surface area contributed by atoms with E-state index in [1.807, 2.05) is 36.4 Å². The molecule has 0 N–H and O–H groups in total. The maximum Gasteiger partial charge on any atom is 0.171 e. The zero-order valence-electron chi connectivity index (χ0n) is 14.4. The SMILES string of the molecule is CC(=O)C(c1ccc(F)cc1)C(C(=O)c1ccccc1)c1ccccc1. The van der Waals surface area contributed by atoms with Crippen molar-refractivity contribution in [1.82, 2.24) is 0 Å². The molecule has 0 bridgehead atoms. The normalized spacial score (nSPS) is 13.0. The smallest absolute Gasteiger partial charge is 0.171 e. The molecule has 0 spiro atoms. The first-order valence-corrected chi connectivity index (χ1v) is 8.48. The van der Waals surface area contributed by atoms with Crippen LogP contribution in [0.25, 0.3) is 0 Å². The molecule has 3 rings (SSSR count). The summed E-state index contributed by atoms with van der Waals surface area (Å²) in [5.74, 6) is -1.97. The molecular formula is C23H19FO2.